The lowest BCUT2D eigenvalue weighted by atomic mass is 9.98. The molecular formula is C26H26Br2N2O2. The quantitative estimate of drug-likeness (QED) is 0.347. The topological polar surface area (TPSA) is 58.2 Å². The van der Waals surface area contributed by atoms with Crippen molar-refractivity contribution in [3.05, 3.63) is 89.9 Å². The highest BCUT2D eigenvalue weighted by Gasteiger charge is 2.18. The van der Waals surface area contributed by atoms with Crippen LogP contribution >= 0.6 is 31.9 Å². The van der Waals surface area contributed by atoms with E-state index in [4.69, 9.17) is 0 Å². The molecule has 6 heteroatoms. The molecule has 3 rings (SSSR count). The van der Waals surface area contributed by atoms with Crippen molar-refractivity contribution in [1.82, 2.24) is 0 Å². The van der Waals surface area contributed by atoms with Crippen molar-refractivity contribution in [2.45, 2.75) is 41.5 Å². The molecule has 32 heavy (non-hydrogen) atoms. The normalized spacial score (nSPS) is 10.8. The summed E-state index contributed by atoms with van der Waals surface area (Å²) in [5.74, 6) is -0.448. The van der Waals surface area contributed by atoms with Crippen molar-refractivity contribution in [3.63, 3.8) is 0 Å². The van der Waals surface area contributed by atoms with Gasteiger partial charge in [-0.25, -0.2) is 0 Å². The largest absolute Gasteiger partial charge is 0.320 e. The molecule has 0 bridgehead atoms. The van der Waals surface area contributed by atoms with E-state index in [1.807, 2.05) is 65.8 Å². The van der Waals surface area contributed by atoms with Crippen molar-refractivity contribution < 1.29 is 9.59 Å². The van der Waals surface area contributed by atoms with Crippen LogP contribution in [-0.4, -0.2) is 11.8 Å². The maximum Gasteiger partial charge on any atom is 0.256 e. The van der Waals surface area contributed by atoms with Crippen molar-refractivity contribution >= 4 is 55.0 Å². The molecule has 0 radical (unpaired) electrons. The lowest BCUT2D eigenvalue weighted by molar-refractivity contribution is 0.101. The van der Waals surface area contributed by atoms with Gasteiger partial charge in [0.05, 0.1) is 11.4 Å². The molecule has 0 spiro atoms. The second kappa shape index (κ2) is 9.59. The molecule has 0 aliphatic heterocycles. The van der Waals surface area contributed by atoms with E-state index in [2.05, 4.69) is 42.5 Å². The van der Waals surface area contributed by atoms with Gasteiger partial charge < -0.3 is 10.6 Å². The Labute approximate surface area is 206 Å². The van der Waals surface area contributed by atoms with Crippen LogP contribution in [0.25, 0.3) is 0 Å². The van der Waals surface area contributed by atoms with E-state index in [1.165, 1.54) is 0 Å². The Morgan fingerprint density at radius 2 is 0.938 bits per heavy atom. The Bertz CT molecular complexity index is 1150. The van der Waals surface area contributed by atoms with Crippen LogP contribution in [0.15, 0.2) is 45.3 Å². The van der Waals surface area contributed by atoms with E-state index in [9.17, 15) is 9.59 Å². The number of halogens is 2. The summed E-state index contributed by atoms with van der Waals surface area (Å²) in [5, 5.41) is 5.92. The monoisotopic (exact) mass is 556 g/mol. The Kier molecular flexibility index (Phi) is 7.25. The Morgan fingerprint density at radius 1 is 0.594 bits per heavy atom. The predicted molar refractivity (Wildman–Crippen MR) is 139 cm³/mol. The first-order valence-electron chi connectivity index (χ1n) is 10.3. The van der Waals surface area contributed by atoms with Gasteiger partial charge >= 0.3 is 0 Å². The maximum atomic E-state index is 13.1. The Balaban J connectivity index is 1.91. The number of para-hydroxylation sites is 2. The number of carbonyl (C=O) groups is 2. The third kappa shape index (κ3) is 4.66. The average molecular weight is 558 g/mol. The minimum Gasteiger partial charge on any atom is -0.320 e. The molecule has 0 unspecified atom stereocenters. The zero-order chi connectivity index (χ0) is 23.7. The highest BCUT2D eigenvalue weighted by Crippen LogP contribution is 2.30. The SMILES string of the molecule is Cc1c(Br)cc(C(=O)Nc2ccccc2NC(=O)c2cc(Br)c(C)c(C)c2C)c(C)c1C. The van der Waals surface area contributed by atoms with Crippen LogP contribution in [0.3, 0.4) is 0 Å². The molecular weight excluding hydrogens is 532 g/mol. The van der Waals surface area contributed by atoms with Gasteiger partial charge in [0.2, 0.25) is 0 Å². The molecule has 0 saturated heterocycles. The average Bonchev–Trinajstić information content (AvgIpc) is 2.76. The van der Waals surface area contributed by atoms with Crippen LogP contribution in [0, 0.1) is 41.5 Å². The van der Waals surface area contributed by atoms with Crippen LogP contribution in [0.2, 0.25) is 0 Å². The fourth-order valence-corrected chi connectivity index (χ4v) is 4.62. The molecule has 0 atom stereocenters. The minimum absolute atomic E-state index is 0.224. The van der Waals surface area contributed by atoms with E-state index < -0.39 is 0 Å². The third-order valence-electron chi connectivity index (χ3n) is 6.23. The maximum absolute atomic E-state index is 13.1. The van der Waals surface area contributed by atoms with Gasteiger partial charge in [-0.2, -0.15) is 0 Å². The number of rotatable bonds is 4. The zero-order valence-electron chi connectivity index (χ0n) is 19.0. The highest BCUT2D eigenvalue weighted by molar-refractivity contribution is 9.10. The van der Waals surface area contributed by atoms with Gasteiger partial charge in [0, 0.05) is 20.1 Å². The van der Waals surface area contributed by atoms with Crippen molar-refractivity contribution in [2.75, 3.05) is 10.6 Å². The Hall–Kier alpha value is -2.44. The van der Waals surface area contributed by atoms with E-state index in [0.717, 1.165) is 42.3 Å². The van der Waals surface area contributed by atoms with Crippen LogP contribution < -0.4 is 10.6 Å². The molecule has 2 N–H and O–H groups in total. The number of hydrogen-bond donors (Lipinski definition) is 2. The highest BCUT2D eigenvalue weighted by atomic mass is 79.9. The standard InChI is InChI=1S/C26H26Br2N2O2/c1-13-15(3)19(11-21(27)17(13)5)25(31)29-23-9-7-8-10-24(23)30-26(32)20-12-22(28)18(6)14(2)16(20)4/h7-12H,1-6H3,(H,29,31)(H,30,32). The van der Waals surface area contributed by atoms with E-state index in [-0.39, 0.29) is 11.8 Å². The lowest BCUT2D eigenvalue weighted by Crippen LogP contribution is -2.19. The number of anilines is 2. The number of hydrogen-bond acceptors (Lipinski definition) is 2. The second-order valence-corrected chi connectivity index (χ2v) is 9.72. The number of benzene rings is 3. The number of amides is 2. The van der Waals surface area contributed by atoms with Crippen LogP contribution in [0.1, 0.15) is 54.1 Å². The molecule has 0 aliphatic carbocycles. The minimum atomic E-state index is -0.224. The fourth-order valence-electron chi connectivity index (χ4n) is 3.56. The number of nitrogens with one attached hydrogen (secondary N) is 2. The number of carbonyl (C=O) groups excluding carboxylic acids is 2. The summed E-state index contributed by atoms with van der Waals surface area (Å²) in [5.41, 5.74) is 8.50. The summed E-state index contributed by atoms with van der Waals surface area (Å²) >= 11 is 7.08. The van der Waals surface area contributed by atoms with Gasteiger partial charge in [0.1, 0.15) is 0 Å². The smallest absolute Gasteiger partial charge is 0.256 e. The van der Waals surface area contributed by atoms with Gasteiger partial charge in [0.25, 0.3) is 11.8 Å². The van der Waals surface area contributed by atoms with Crippen LogP contribution in [-0.2, 0) is 0 Å². The summed E-state index contributed by atoms with van der Waals surface area (Å²) < 4.78 is 1.78. The molecule has 4 nitrogen and oxygen atoms in total. The van der Waals surface area contributed by atoms with Crippen LogP contribution in [0.4, 0.5) is 11.4 Å². The van der Waals surface area contributed by atoms with E-state index >= 15 is 0 Å². The Morgan fingerprint density at radius 3 is 1.28 bits per heavy atom. The summed E-state index contributed by atoms with van der Waals surface area (Å²) in [6.07, 6.45) is 0. The zero-order valence-corrected chi connectivity index (χ0v) is 22.2. The van der Waals surface area contributed by atoms with Gasteiger partial charge in [0.15, 0.2) is 0 Å². The summed E-state index contributed by atoms with van der Waals surface area (Å²) in [7, 11) is 0. The van der Waals surface area contributed by atoms with Crippen LogP contribution in [0.5, 0.6) is 0 Å². The first kappa shape index (κ1) is 24.2. The van der Waals surface area contributed by atoms with Crippen molar-refractivity contribution in [3.8, 4) is 0 Å². The van der Waals surface area contributed by atoms with Crippen molar-refractivity contribution in [1.29, 1.82) is 0 Å². The first-order valence-corrected chi connectivity index (χ1v) is 11.9. The molecule has 0 aliphatic rings. The first-order chi connectivity index (χ1) is 15.0. The molecule has 0 aromatic heterocycles. The molecule has 0 heterocycles. The van der Waals surface area contributed by atoms with Gasteiger partial charge in [-0.15, -0.1) is 0 Å². The van der Waals surface area contributed by atoms with Gasteiger partial charge in [-0.05, 0) is 99.2 Å². The van der Waals surface area contributed by atoms with E-state index in [1.54, 1.807) is 12.1 Å². The second-order valence-electron chi connectivity index (χ2n) is 8.02. The lowest BCUT2D eigenvalue weighted by Gasteiger charge is -2.17. The molecule has 166 valence electrons. The summed E-state index contributed by atoms with van der Waals surface area (Å²) in [6.45, 7) is 11.9. The predicted octanol–water partition coefficient (Wildman–Crippen LogP) is 7.57. The summed E-state index contributed by atoms with van der Waals surface area (Å²) in [6, 6.07) is 10.9. The summed E-state index contributed by atoms with van der Waals surface area (Å²) in [4.78, 5) is 26.2. The molecule has 0 fully saturated rings. The molecule has 3 aromatic carbocycles. The molecule has 0 saturated carbocycles. The van der Waals surface area contributed by atoms with Gasteiger partial charge in [-0.3, -0.25) is 9.59 Å². The fraction of sp³-hybridized carbons (Fsp3) is 0.231. The van der Waals surface area contributed by atoms with Crippen molar-refractivity contribution in [2.24, 2.45) is 0 Å². The molecule has 2 amide bonds. The molecule has 3 aromatic rings. The third-order valence-corrected chi connectivity index (χ3v) is 7.88. The van der Waals surface area contributed by atoms with Gasteiger partial charge in [-0.1, -0.05) is 44.0 Å². The van der Waals surface area contributed by atoms with E-state index in [0.29, 0.717) is 22.5 Å².